The number of aromatic nitrogens is 1. The SMILES string of the molecule is COc1ccc(CNc2ccc(C(=O)Nc3ccc(F)c(F)c3F)cn2)cc1. The second kappa shape index (κ2) is 8.43. The molecule has 0 saturated carbocycles. The highest BCUT2D eigenvalue weighted by atomic mass is 19.2. The molecule has 0 unspecified atom stereocenters. The van der Waals surface area contributed by atoms with Crippen molar-refractivity contribution in [1.82, 2.24) is 4.98 Å². The molecule has 0 aliphatic heterocycles. The van der Waals surface area contributed by atoms with E-state index in [9.17, 15) is 18.0 Å². The number of rotatable bonds is 6. The third-order valence-corrected chi connectivity index (χ3v) is 3.94. The van der Waals surface area contributed by atoms with Crippen molar-refractivity contribution in [2.24, 2.45) is 0 Å². The molecule has 2 aromatic carbocycles. The molecular formula is C20H16F3N3O2. The van der Waals surface area contributed by atoms with Gasteiger partial charge in [0.2, 0.25) is 0 Å². The van der Waals surface area contributed by atoms with Crippen molar-refractivity contribution in [1.29, 1.82) is 0 Å². The molecule has 3 aromatic rings. The zero-order valence-electron chi connectivity index (χ0n) is 14.8. The second-order valence-corrected chi connectivity index (χ2v) is 5.81. The van der Waals surface area contributed by atoms with Crippen LogP contribution in [0.5, 0.6) is 5.75 Å². The Balaban J connectivity index is 1.61. The first kappa shape index (κ1) is 19.2. The number of nitrogens with one attached hydrogen (secondary N) is 2. The van der Waals surface area contributed by atoms with Gasteiger partial charge in [-0.05, 0) is 42.0 Å². The van der Waals surface area contributed by atoms with Gasteiger partial charge in [0.15, 0.2) is 17.5 Å². The van der Waals surface area contributed by atoms with Crippen molar-refractivity contribution in [2.75, 3.05) is 17.7 Å². The Bertz CT molecular complexity index is 977. The summed E-state index contributed by atoms with van der Waals surface area (Å²) in [4.78, 5) is 16.3. The summed E-state index contributed by atoms with van der Waals surface area (Å²) in [5.74, 6) is -3.84. The molecule has 2 N–H and O–H groups in total. The van der Waals surface area contributed by atoms with Crippen LogP contribution in [0, 0.1) is 17.5 Å². The van der Waals surface area contributed by atoms with Gasteiger partial charge in [-0.2, -0.15) is 0 Å². The molecule has 144 valence electrons. The van der Waals surface area contributed by atoms with Gasteiger partial charge >= 0.3 is 0 Å². The fourth-order valence-corrected chi connectivity index (χ4v) is 2.39. The fourth-order valence-electron chi connectivity index (χ4n) is 2.39. The lowest BCUT2D eigenvalue weighted by Gasteiger charge is -2.09. The van der Waals surface area contributed by atoms with Crippen LogP contribution >= 0.6 is 0 Å². The van der Waals surface area contributed by atoms with Gasteiger partial charge in [0.1, 0.15) is 11.6 Å². The van der Waals surface area contributed by atoms with Gasteiger partial charge in [0, 0.05) is 12.7 Å². The Hall–Kier alpha value is -3.55. The molecule has 8 heteroatoms. The Kier molecular flexibility index (Phi) is 5.78. The highest BCUT2D eigenvalue weighted by Crippen LogP contribution is 2.20. The molecule has 3 rings (SSSR count). The lowest BCUT2D eigenvalue weighted by molar-refractivity contribution is 0.102. The highest BCUT2D eigenvalue weighted by molar-refractivity contribution is 6.04. The molecule has 1 amide bonds. The van der Waals surface area contributed by atoms with E-state index in [0.717, 1.165) is 23.4 Å². The van der Waals surface area contributed by atoms with Crippen LogP contribution in [0.25, 0.3) is 0 Å². The van der Waals surface area contributed by atoms with Crippen LogP contribution in [0.3, 0.4) is 0 Å². The van der Waals surface area contributed by atoms with E-state index in [2.05, 4.69) is 15.6 Å². The maximum atomic E-state index is 13.6. The van der Waals surface area contributed by atoms with E-state index in [1.807, 2.05) is 24.3 Å². The standard InChI is InChI=1S/C20H16F3N3O2/c1-28-14-5-2-12(3-6-14)10-24-17-9-4-13(11-25-17)20(27)26-16-8-7-15(21)18(22)19(16)23/h2-9,11H,10H2,1H3,(H,24,25)(H,26,27). The van der Waals surface area contributed by atoms with Gasteiger partial charge in [-0.25, -0.2) is 18.2 Å². The summed E-state index contributed by atoms with van der Waals surface area (Å²) in [6, 6.07) is 12.2. The molecule has 0 aliphatic carbocycles. The minimum absolute atomic E-state index is 0.138. The summed E-state index contributed by atoms with van der Waals surface area (Å²) >= 11 is 0. The number of ether oxygens (including phenoxy) is 1. The average molecular weight is 387 g/mol. The van der Waals surface area contributed by atoms with Gasteiger partial charge in [-0.15, -0.1) is 0 Å². The van der Waals surface area contributed by atoms with E-state index in [0.29, 0.717) is 12.4 Å². The summed E-state index contributed by atoms with van der Waals surface area (Å²) in [7, 11) is 1.59. The predicted molar refractivity (Wildman–Crippen MR) is 98.8 cm³/mol. The zero-order valence-corrected chi connectivity index (χ0v) is 14.8. The molecule has 0 aliphatic rings. The van der Waals surface area contributed by atoms with Crippen molar-refractivity contribution >= 4 is 17.4 Å². The minimum atomic E-state index is -1.64. The smallest absolute Gasteiger partial charge is 0.257 e. The van der Waals surface area contributed by atoms with Crippen molar-refractivity contribution < 1.29 is 22.7 Å². The van der Waals surface area contributed by atoms with E-state index in [1.165, 1.54) is 12.3 Å². The molecule has 0 bridgehead atoms. The zero-order chi connectivity index (χ0) is 20.1. The summed E-state index contributed by atoms with van der Waals surface area (Å²) in [5, 5.41) is 5.29. The van der Waals surface area contributed by atoms with E-state index < -0.39 is 29.0 Å². The van der Waals surface area contributed by atoms with E-state index in [-0.39, 0.29) is 5.56 Å². The van der Waals surface area contributed by atoms with Crippen molar-refractivity contribution in [3.8, 4) is 5.75 Å². The van der Waals surface area contributed by atoms with E-state index in [1.54, 1.807) is 13.2 Å². The average Bonchev–Trinajstić information content (AvgIpc) is 2.73. The molecule has 0 fully saturated rings. The van der Waals surface area contributed by atoms with Gasteiger partial charge in [0.05, 0.1) is 18.4 Å². The van der Waals surface area contributed by atoms with Gasteiger partial charge in [-0.1, -0.05) is 12.1 Å². The number of pyridine rings is 1. The Morgan fingerprint density at radius 3 is 2.39 bits per heavy atom. The molecular weight excluding hydrogens is 371 g/mol. The monoisotopic (exact) mass is 387 g/mol. The van der Waals surface area contributed by atoms with Crippen LogP contribution in [0.15, 0.2) is 54.7 Å². The third-order valence-electron chi connectivity index (χ3n) is 3.94. The maximum absolute atomic E-state index is 13.6. The first-order valence-electron chi connectivity index (χ1n) is 8.25. The molecule has 5 nitrogen and oxygen atoms in total. The Morgan fingerprint density at radius 1 is 1.00 bits per heavy atom. The Morgan fingerprint density at radius 2 is 1.75 bits per heavy atom. The Labute approximate surface area is 159 Å². The van der Waals surface area contributed by atoms with E-state index >= 15 is 0 Å². The quantitative estimate of drug-likeness (QED) is 0.617. The second-order valence-electron chi connectivity index (χ2n) is 5.81. The van der Waals surface area contributed by atoms with E-state index in [4.69, 9.17) is 4.74 Å². The van der Waals surface area contributed by atoms with Crippen molar-refractivity contribution in [3.05, 3.63) is 83.3 Å². The summed E-state index contributed by atoms with van der Waals surface area (Å²) < 4.78 is 44.9. The number of hydrogen-bond acceptors (Lipinski definition) is 4. The maximum Gasteiger partial charge on any atom is 0.257 e. The summed E-state index contributed by atoms with van der Waals surface area (Å²) in [6.07, 6.45) is 1.30. The number of carbonyl (C=O) groups is 1. The largest absolute Gasteiger partial charge is 0.497 e. The van der Waals surface area contributed by atoms with Crippen molar-refractivity contribution in [2.45, 2.75) is 6.54 Å². The number of methoxy groups -OCH3 is 1. The van der Waals surface area contributed by atoms with Crippen LogP contribution in [0.1, 0.15) is 15.9 Å². The normalized spacial score (nSPS) is 10.4. The van der Waals surface area contributed by atoms with Crippen LogP contribution in [-0.2, 0) is 6.54 Å². The molecule has 1 heterocycles. The fraction of sp³-hybridized carbons (Fsp3) is 0.100. The molecule has 0 atom stereocenters. The predicted octanol–water partition coefficient (Wildman–Crippen LogP) is 4.37. The number of benzene rings is 2. The van der Waals surface area contributed by atoms with Crippen LogP contribution < -0.4 is 15.4 Å². The molecule has 0 spiro atoms. The van der Waals surface area contributed by atoms with Gasteiger partial charge < -0.3 is 15.4 Å². The van der Waals surface area contributed by atoms with Crippen LogP contribution in [-0.4, -0.2) is 18.0 Å². The van der Waals surface area contributed by atoms with Crippen LogP contribution in [0.4, 0.5) is 24.7 Å². The van der Waals surface area contributed by atoms with Gasteiger partial charge in [-0.3, -0.25) is 4.79 Å². The molecule has 0 radical (unpaired) electrons. The number of carbonyl (C=O) groups excluding carboxylic acids is 1. The first-order valence-corrected chi connectivity index (χ1v) is 8.25. The first-order chi connectivity index (χ1) is 13.5. The summed E-state index contributed by atoms with van der Waals surface area (Å²) in [5.41, 5.74) is 0.697. The van der Waals surface area contributed by atoms with Gasteiger partial charge in [0.25, 0.3) is 5.91 Å². The minimum Gasteiger partial charge on any atom is -0.497 e. The topological polar surface area (TPSA) is 63.2 Å². The highest BCUT2D eigenvalue weighted by Gasteiger charge is 2.16. The molecule has 1 aromatic heterocycles. The number of amides is 1. The third kappa shape index (κ3) is 4.40. The summed E-state index contributed by atoms with van der Waals surface area (Å²) in [6.45, 7) is 0.516. The number of halogens is 3. The number of nitrogens with zero attached hydrogens (tertiary/aromatic N) is 1. The molecule has 0 saturated heterocycles. The van der Waals surface area contributed by atoms with Crippen molar-refractivity contribution in [3.63, 3.8) is 0 Å². The lowest BCUT2D eigenvalue weighted by atomic mass is 10.2. The number of hydrogen-bond donors (Lipinski definition) is 2. The van der Waals surface area contributed by atoms with Crippen LogP contribution in [0.2, 0.25) is 0 Å². The number of anilines is 2. The lowest BCUT2D eigenvalue weighted by Crippen LogP contribution is -2.14. The molecule has 28 heavy (non-hydrogen) atoms.